The van der Waals surface area contributed by atoms with E-state index in [1.165, 1.54) is 0 Å². The molecule has 2 aromatic rings. The molecular weight excluding hydrogens is 346 g/mol. The van der Waals surface area contributed by atoms with Gasteiger partial charge in [-0.3, -0.25) is 15.0 Å². The van der Waals surface area contributed by atoms with Crippen LogP contribution >= 0.6 is 0 Å². The fraction of sp³-hybridized carbons (Fsp3) is 0.200. The Morgan fingerprint density at radius 3 is 1.70 bits per heavy atom. The van der Waals surface area contributed by atoms with Crippen molar-refractivity contribution in [2.45, 2.75) is 19.6 Å². The molecule has 4 N–H and O–H groups in total. The summed E-state index contributed by atoms with van der Waals surface area (Å²) in [5.41, 5.74) is 6.85. The van der Waals surface area contributed by atoms with Gasteiger partial charge in [-0.05, 0) is 17.5 Å². The van der Waals surface area contributed by atoms with E-state index in [0.29, 0.717) is 0 Å². The number of nitrogens with one attached hydrogen (secondary N) is 2. The molecule has 0 heterocycles. The van der Waals surface area contributed by atoms with Gasteiger partial charge in [0, 0.05) is 6.54 Å². The molecular formula is C20H22N3O4. The summed E-state index contributed by atoms with van der Waals surface area (Å²) in [6.45, 7) is 0.246. The highest BCUT2D eigenvalue weighted by atomic mass is 16.6. The minimum Gasteiger partial charge on any atom is -0.460 e. The molecule has 0 fully saturated rings. The number of carbonyl (C=O) groups is 2. The smallest absolute Gasteiger partial charge is 0.325 e. The third-order valence-electron chi connectivity index (χ3n) is 3.61. The van der Waals surface area contributed by atoms with Gasteiger partial charge in [0.25, 0.3) is 0 Å². The number of hydrogen-bond donors (Lipinski definition) is 3. The Morgan fingerprint density at radius 2 is 1.30 bits per heavy atom. The largest absolute Gasteiger partial charge is 0.460 e. The average Bonchev–Trinajstić information content (AvgIpc) is 2.69. The van der Waals surface area contributed by atoms with E-state index >= 15 is 0 Å². The van der Waals surface area contributed by atoms with Crippen LogP contribution in [0, 0.1) is 11.3 Å². The molecule has 0 bridgehead atoms. The number of esters is 2. The second kappa shape index (κ2) is 10.6. The van der Waals surface area contributed by atoms with Crippen LogP contribution in [-0.4, -0.2) is 24.4 Å². The summed E-state index contributed by atoms with van der Waals surface area (Å²) in [4.78, 5) is 24.7. The number of carbonyl (C=O) groups excluding carboxylic acids is 2. The number of guanidine groups is 1. The molecule has 0 amide bonds. The van der Waals surface area contributed by atoms with Gasteiger partial charge in [0.05, 0.1) is 0 Å². The SMILES string of the molecule is N=C(N)NCC[C](C(=O)OCc1ccccc1)C(=O)OCc1ccccc1. The zero-order valence-electron chi connectivity index (χ0n) is 14.8. The molecule has 141 valence electrons. The summed E-state index contributed by atoms with van der Waals surface area (Å²) in [5.74, 6) is -1.87. The summed E-state index contributed by atoms with van der Waals surface area (Å²) >= 11 is 0. The van der Waals surface area contributed by atoms with Gasteiger partial charge in [0.2, 0.25) is 0 Å². The molecule has 2 aromatic carbocycles. The highest BCUT2D eigenvalue weighted by molar-refractivity contribution is 6.09. The van der Waals surface area contributed by atoms with Gasteiger partial charge in [-0.2, -0.15) is 0 Å². The predicted octanol–water partition coefficient (Wildman–Crippen LogP) is 1.92. The van der Waals surface area contributed by atoms with Gasteiger partial charge in [0.15, 0.2) is 11.9 Å². The molecule has 0 atom stereocenters. The lowest BCUT2D eigenvalue weighted by atomic mass is 10.1. The molecule has 7 heteroatoms. The topological polar surface area (TPSA) is 115 Å². The Labute approximate surface area is 158 Å². The van der Waals surface area contributed by atoms with Crippen LogP contribution in [0.4, 0.5) is 0 Å². The van der Waals surface area contributed by atoms with Crippen molar-refractivity contribution in [1.82, 2.24) is 5.32 Å². The Hall–Kier alpha value is -3.35. The van der Waals surface area contributed by atoms with Crippen molar-refractivity contribution in [3.8, 4) is 0 Å². The first-order valence-corrected chi connectivity index (χ1v) is 8.42. The molecule has 0 aliphatic rings. The van der Waals surface area contributed by atoms with Crippen LogP contribution in [0.3, 0.4) is 0 Å². The molecule has 0 saturated heterocycles. The number of rotatable bonds is 9. The minimum atomic E-state index is -0.748. The lowest BCUT2D eigenvalue weighted by molar-refractivity contribution is -0.153. The highest BCUT2D eigenvalue weighted by Gasteiger charge is 2.31. The molecule has 0 spiro atoms. The maximum absolute atomic E-state index is 12.4. The van der Waals surface area contributed by atoms with Gasteiger partial charge in [-0.25, -0.2) is 0 Å². The Kier molecular flexibility index (Phi) is 7.84. The number of benzene rings is 2. The Balaban J connectivity index is 1.94. The Morgan fingerprint density at radius 1 is 0.852 bits per heavy atom. The summed E-state index contributed by atoms with van der Waals surface area (Å²) in [6.07, 6.45) is 0.0286. The van der Waals surface area contributed by atoms with Gasteiger partial charge in [0.1, 0.15) is 13.2 Å². The number of nitrogens with two attached hydrogens (primary N) is 1. The zero-order valence-corrected chi connectivity index (χ0v) is 14.8. The van der Waals surface area contributed by atoms with Crippen LogP contribution in [0.25, 0.3) is 0 Å². The van der Waals surface area contributed by atoms with Crippen LogP contribution in [-0.2, 0) is 32.3 Å². The van der Waals surface area contributed by atoms with E-state index in [-0.39, 0.29) is 38.1 Å². The van der Waals surface area contributed by atoms with Crippen LogP contribution in [0.1, 0.15) is 17.5 Å². The molecule has 0 unspecified atom stereocenters. The maximum Gasteiger partial charge on any atom is 0.325 e. The van der Waals surface area contributed by atoms with E-state index in [0.717, 1.165) is 11.1 Å². The van der Waals surface area contributed by atoms with Crippen LogP contribution in [0.5, 0.6) is 0 Å². The molecule has 27 heavy (non-hydrogen) atoms. The van der Waals surface area contributed by atoms with Crippen molar-refractivity contribution in [1.29, 1.82) is 5.41 Å². The fourth-order valence-electron chi connectivity index (χ4n) is 2.23. The van der Waals surface area contributed by atoms with Gasteiger partial charge >= 0.3 is 11.9 Å². The minimum absolute atomic E-state index is 0.0286. The van der Waals surface area contributed by atoms with Gasteiger partial charge < -0.3 is 20.5 Å². The summed E-state index contributed by atoms with van der Waals surface area (Å²) in [7, 11) is 0. The summed E-state index contributed by atoms with van der Waals surface area (Å²) in [5, 5.41) is 9.72. The third-order valence-corrected chi connectivity index (χ3v) is 3.61. The lowest BCUT2D eigenvalue weighted by Gasteiger charge is -2.15. The van der Waals surface area contributed by atoms with Crippen molar-refractivity contribution < 1.29 is 19.1 Å². The molecule has 0 aliphatic carbocycles. The first kappa shape index (κ1) is 20.0. The van der Waals surface area contributed by atoms with E-state index in [1.807, 2.05) is 60.7 Å². The van der Waals surface area contributed by atoms with Crippen LogP contribution in [0.15, 0.2) is 60.7 Å². The molecule has 0 aromatic heterocycles. The van der Waals surface area contributed by atoms with Crippen LogP contribution < -0.4 is 11.1 Å². The standard InChI is InChI=1S/C20H22N3O4/c21-20(22)23-12-11-17(18(24)26-13-15-7-3-1-4-8-15)19(25)27-14-16-9-5-2-6-10-16/h1-10H,11-14H2,(H4,21,22,23). The predicted molar refractivity (Wildman–Crippen MR) is 100 cm³/mol. The molecule has 0 saturated carbocycles. The second-order valence-corrected chi connectivity index (χ2v) is 5.69. The third kappa shape index (κ3) is 7.19. The first-order chi connectivity index (χ1) is 13.1. The Bertz CT molecular complexity index is 695. The quantitative estimate of drug-likeness (QED) is 0.270. The molecule has 1 radical (unpaired) electrons. The van der Waals surface area contributed by atoms with E-state index in [9.17, 15) is 9.59 Å². The average molecular weight is 368 g/mol. The zero-order chi connectivity index (χ0) is 19.5. The van der Waals surface area contributed by atoms with E-state index in [4.69, 9.17) is 20.6 Å². The molecule has 2 rings (SSSR count). The second-order valence-electron chi connectivity index (χ2n) is 5.69. The monoisotopic (exact) mass is 368 g/mol. The summed E-state index contributed by atoms with van der Waals surface area (Å²) in [6, 6.07) is 18.3. The normalized spacial score (nSPS) is 10.3. The molecule has 7 nitrogen and oxygen atoms in total. The van der Waals surface area contributed by atoms with E-state index in [1.54, 1.807) is 0 Å². The van der Waals surface area contributed by atoms with E-state index < -0.39 is 11.9 Å². The van der Waals surface area contributed by atoms with Crippen molar-refractivity contribution in [3.63, 3.8) is 0 Å². The van der Waals surface area contributed by atoms with Crippen LogP contribution in [0.2, 0.25) is 0 Å². The lowest BCUT2D eigenvalue weighted by Crippen LogP contribution is -2.34. The van der Waals surface area contributed by atoms with E-state index in [2.05, 4.69) is 5.32 Å². The van der Waals surface area contributed by atoms with Gasteiger partial charge in [-0.15, -0.1) is 0 Å². The van der Waals surface area contributed by atoms with Crippen molar-refractivity contribution in [2.24, 2.45) is 5.73 Å². The first-order valence-electron chi connectivity index (χ1n) is 8.42. The van der Waals surface area contributed by atoms with Crippen molar-refractivity contribution in [3.05, 3.63) is 77.7 Å². The number of ether oxygens (including phenoxy) is 2. The maximum atomic E-state index is 12.4. The van der Waals surface area contributed by atoms with Crippen molar-refractivity contribution >= 4 is 17.9 Å². The highest BCUT2D eigenvalue weighted by Crippen LogP contribution is 2.14. The fourth-order valence-corrected chi connectivity index (χ4v) is 2.23. The number of hydrogen-bond acceptors (Lipinski definition) is 5. The van der Waals surface area contributed by atoms with Gasteiger partial charge in [-0.1, -0.05) is 60.7 Å². The van der Waals surface area contributed by atoms with Crippen molar-refractivity contribution in [2.75, 3.05) is 6.54 Å². The summed E-state index contributed by atoms with van der Waals surface area (Å²) < 4.78 is 10.5. The molecule has 0 aliphatic heterocycles.